The van der Waals surface area contributed by atoms with Crippen LogP contribution < -0.4 is 10.2 Å². The van der Waals surface area contributed by atoms with Crippen LogP contribution >= 0.6 is 0 Å². The zero-order valence-electron chi connectivity index (χ0n) is 14.6. The number of H-pyrrole nitrogens is 1. The van der Waals surface area contributed by atoms with Crippen molar-refractivity contribution in [3.63, 3.8) is 0 Å². The van der Waals surface area contributed by atoms with E-state index in [1.54, 1.807) is 12.1 Å². The summed E-state index contributed by atoms with van der Waals surface area (Å²) in [6.45, 7) is 0.242. The predicted molar refractivity (Wildman–Crippen MR) is 96.1 cm³/mol. The first-order chi connectivity index (χ1) is 12.6. The van der Waals surface area contributed by atoms with Crippen LogP contribution in [0.2, 0.25) is 0 Å². The van der Waals surface area contributed by atoms with Crippen LogP contribution in [0, 0.1) is 11.7 Å². The molecule has 2 aromatic rings. The molecule has 1 atom stereocenters. The molecule has 2 N–H and O–H groups in total. The van der Waals surface area contributed by atoms with Crippen LogP contribution in [0.3, 0.4) is 0 Å². The second-order valence-corrected chi connectivity index (χ2v) is 7.31. The molecule has 0 radical (unpaired) electrons. The normalized spacial score (nSPS) is 22.0. The van der Waals surface area contributed by atoms with Gasteiger partial charge in [0, 0.05) is 19.0 Å². The molecule has 0 unspecified atom stereocenters. The molecule has 1 aromatic heterocycles. The van der Waals surface area contributed by atoms with E-state index >= 15 is 0 Å². The Labute approximate surface area is 151 Å². The van der Waals surface area contributed by atoms with Crippen LogP contribution in [0.15, 0.2) is 18.2 Å². The van der Waals surface area contributed by atoms with E-state index in [4.69, 9.17) is 0 Å². The number of nitrogens with zero attached hydrogens (tertiary/aromatic N) is 2. The maximum absolute atomic E-state index is 14.2. The summed E-state index contributed by atoms with van der Waals surface area (Å²) in [7, 11) is 0. The van der Waals surface area contributed by atoms with Crippen LogP contribution in [0.4, 0.5) is 10.2 Å². The van der Waals surface area contributed by atoms with Crippen molar-refractivity contribution in [3.05, 3.63) is 24.0 Å². The van der Waals surface area contributed by atoms with Crippen LogP contribution in [-0.2, 0) is 9.59 Å². The zero-order valence-corrected chi connectivity index (χ0v) is 14.6. The van der Waals surface area contributed by atoms with Gasteiger partial charge in [0.05, 0.1) is 16.8 Å². The summed E-state index contributed by atoms with van der Waals surface area (Å²) < 4.78 is 14.2. The molecular formula is C19H23FN4O2. The molecule has 0 bridgehead atoms. The van der Waals surface area contributed by atoms with Crippen molar-refractivity contribution in [2.45, 2.75) is 51.0 Å². The topological polar surface area (TPSA) is 78.1 Å². The number of carbonyl (C=O) groups is 2. The fourth-order valence-electron chi connectivity index (χ4n) is 4.04. The van der Waals surface area contributed by atoms with Gasteiger partial charge in [0.25, 0.3) is 0 Å². The Kier molecular flexibility index (Phi) is 4.61. The lowest BCUT2D eigenvalue weighted by atomic mass is 10.0. The summed E-state index contributed by atoms with van der Waals surface area (Å²) in [5.74, 6) is -0.835. The highest BCUT2D eigenvalue weighted by Gasteiger charge is 2.37. The van der Waals surface area contributed by atoms with E-state index < -0.39 is 11.7 Å². The van der Waals surface area contributed by atoms with Crippen molar-refractivity contribution >= 4 is 28.5 Å². The molecular weight excluding hydrogens is 335 g/mol. The number of benzene rings is 1. The summed E-state index contributed by atoms with van der Waals surface area (Å²) in [4.78, 5) is 26.5. The highest BCUT2D eigenvalue weighted by molar-refractivity contribution is 6.05. The van der Waals surface area contributed by atoms with Crippen molar-refractivity contribution in [3.8, 4) is 0 Å². The molecule has 2 amide bonds. The average molecular weight is 358 g/mol. The number of anilines is 1. The maximum atomic E-state index is 14.2. The Morgan fingerprint density at radius 3 is 2.77 bits per heavy atom. The molecule has 7 heteroatoms. The van der Waals surface area contributed by atoms with Gasteiger partial charge in [-0.1, -0.05) is 31.7 Å². The van der Waals surface area contributed by atoms with E-state index in [2.05, 4.69) is 15.5 Å². The van der Waals surface area contributed by atoms with Gasteiger partial charge in [-0.2, -0.15) is 5.10 Å². The number of amides is 2. The number of aromatic nitrogens is 2. The van der Waals surface area contributed by atoms with E-state index in [-0.39, 0.29) is 36.6 Å². The molecule has 2 aliphatic rings. The Morgan fingerprint density at radius 1 is 1.23 bits per heavy atom. The van der Waals surface area contributed by atoms with Gasteiger partial charge in [-0.3, -0.25) is 19.6 Å². The van der Waals surface area contributed by atoms with Gasteiger partial charge in [0.1, 0.15) is 5.82 Å². The second-order valence-electron chi connectivity index (χ2n) is 7.31. The average Bonchev–Trinajstić information content (AvgIpc) is 3.12. The lowest BCUT2D eigenvalue weighted by molar-refractivity contribution is -0.127. The van der Waals surface area contributed by atoms with E-state index in [0.717, 1.165) is 25.7 Å². The standard InChI is InChI=1S/C19H23FN4O2/c20-14-8-5-9-15-17(14)18(23-22-15)24-11-12(10-16(24)25)19(26)21-13-6-3-1-2-4-7-13/h5,8-9,12-13H,1-4,6-7,10-11H2,(H,21,26)(H,22,23)/t12-/m1/s1. The molecule has 1 aliphatic carbocycles. The van der Waals surface area contributed by atoms with E-state index in [1.807, 2.05) is 0 Å². The molecule has 6 nitrogen and oxygen atoms in total. The van der Waals surface area contributed by atoms with Gasteiger partial charge in [0.2, 0.25) is 11.8 Å². The van der Waals surface area contributed by atoms with Crippen LogP contribution in [0.25, 0.3) is 10.9 Å². The van der Waals surface area contributed by atoms with Crippen molar-refractivity contribution in [1.29, 1.82) is 0 Å². The third-order valence-electron chi connectivity index (χ3n) is 5.47. The molecule has 4 rings (SSSR count). The zero-order chi connectivity index (χ0) is 18.1. The summed E-state index contributed by atoms with van der Waals surface area (Å²) in [5.41, 5.74) is 0.541. The fraction of sp³-hybridized carbons (Fsp3) is 0.526. The van der Waals surface area contributed by atoms with Crippen molar-refractivity contribution in [1.82, 2.24) is 15.5 Å². The van der Waals surface area contributed by atoms with E-state index in [0.29, 0.717) is 10.9 Å². The summed E-state index contributed by atoms with van der Waals surface area (Å²) in [6.07, 6.45) is 6.87. The highest BCUT2D eigenvalue weighted by Crippen LogP contribution is 2.31. The van der Waals surface area contributed by atoms with Gasteiger partial charge in [-0.15, -0.1) is 0 Å². The van der Waals surface area contributed by atoms with E-state index in [1.165, 1.54) is 23.8 Å². The molecule has 1 saturated heterocycles. The minimum Gasteiger partial charge on any atom is -0.353 e. The lowest BCUT2D eigenvalue weighted by Gasteiger charge is -2.19. The first-order valence-electron chi connectivity index (χ1n) is 9.37. The molecule has 1 aromatic carbocycles. The Morgan fingerprint density at radius 2 is 2.00 bits per heavy atom. The fourth-order valence-corrected chi connectivity index (χ4v) is 4.04. The highest BCUT2D eigenvalue weighted by atomic mass is 19.1. The monoisotopic (exact) mass is 358 g/mol. The number of halogens is 1. The van der Waals surface area contributed by atoms with Crippen LogP contribution in [-0.4, -0.2) is 34.6 Å². The number of rotatable bonds is 3. The predicted octanol–water partition coefficient (Wildman–Crippen LogP) is 2.89. The lowest BCUT2D eigenvalue weighted by Crippen LogP contribution is -2.39. The molecule has 2 heterocycles. The minimum atomic E-state index is -0.426. The molecule has 1 aliphatic heterocycles. The summed E-state index contributed by atoms with van der Waals surface area (Å²) in [6, 6.07) is 4.86. The Balaban J connectivity index is 1.48. The molecule has 2 fully saturated rings. The number of hydrogen-bond acceptors (Lipinski definition) is 3. The van der Waals surface area contributed by atoms with Crippen molar-refractivity contribution < 1.29 is 14.0 Å². The maximum Gasteiger partial charge on any atom is 0.229 e. The minimum absolute atomic E-state index is 0.0759. The summed E-state index contributed by atoms with van der Waals surface area (Å²) >= 11 is 0. The number of fused-ring (bicyclic) bond motifs is 1. The number of nitrogens with one attached hydrogen (secondary N) is 2. The molecule has 0 spiro atoms. The molecule has 1 saturated carbocycles. The summed E-state index contributed by atoms with van der Waals surface area (Å²) in [5, 5.41) is 10.3. The smallest absolute Gasteiger partial charge is 0.229 e. The van der Waals surface area contributed by atoms with Crippen LogP contribution in [0.1, 0.15) is 44.9 Å². The number of carbonyl (C=O) groups excluding carboxylic acids is 2. The third kappa shape index (κ3) is 3.18. The number of hydrogen-bond donors (Lipinski definition) is 2. The first kappa shape index (κ1) is 17.0. The van der Waals surface area contributed by atoms with Gasteiger partial charge in [-0.05, 0) is 25.0 Å². The number of aromatic amines is 1. The molecule has 26 heavy (non-hydrogen) atoms. The van der Waals surface area contributed by atoms with E-state index in [9.17, 15) is 14.0 Å². The first-order valence-corrected chi connectivity index (χ1v) is 9.37. The third-order valence-corrected chi connectivity index (χ3v) is 5.47. The van der Waals surface area contributed by atoms with Crippen LogP contribution in [0.5, 0.6) is 0 Å². The SMILES string of the molecule is O=C(NC1CCCCCC1)[C@@H]1CC(=O)N(c2n[nH]c3cccc(F)c23)C1. The molecule has 138 valence electrons. The Hall–Kier alpha value is -2.44. The van der Waals surface area contributed by atoms with Crippen molar-refractivity contribution in [2.75, 3.05) is 11.4 Å². The van der Waals surface area contributed by atoms with Gasteiger partial charge in [0.15, 0.2) is 5.82 Å². The van der Waals surface area contributed by atoms with Gasteiger partial charge >= 0.3 is 0 Å². The Bertz CT molecular complexity index is 826. The second kappa shape index (κ2) is 7.05. The van der Waals surface area contributed by atoms with Gasteiger partial charge < -0.3 is 5.32 Å². The quantitative estimate of drug-likeness (QED) is 0.828. The van der Waals surface area contributed by atoms with Crippen molar-refractivity contribution in [2.24, 2.45) is 5.92 Å². The van der Waals surface area contributed by atoms with Gasteiger partial charge in [-0.25, -0.2) is 4.39 Å². The largest absolute Gasteiger partial charge is 0.353 e.